The molecule has 0 spiro atoms. The van der Waals surface area contributed by atoms with Crippen molar-refractivity contribution < 1.29 is 32.5 Å². The number of methoxy groups -OCH3 is 2. The van der Waals surface area contributed by atoms with E-state index in [1.807, 2.05) is 4.98 Å². The molecule has 1 unspecified atom stereocenters. The molecule has 27 heavy (non-hydrogen) atoms. The summed E-state index contributed by atoms with van der Waals surface area (Å²) in [5.74, 6) is -2.56. The summed E-state index contributed by atoms with van der Waals surface area (Å²) in [7, 11) is 2.04. The van der Waals surface area contributed by atoms with Crippen LogP contribution in [-0.4, -0.2) is 41.0 Å². The average Bonchev–Trinajstić information content (AvgIpc) is 2.59. The molecular formula is C15H14F3N3O5S. The zero-order valence-electron chi connectivity index (χ0n) is 14.0. The lowest BCUT2D eigenvalue weighted by molar-refractivity contribution is -0.267. The molecule has 0 aliphatic carbocycles. The minimum Gasteiger partial charge on any atom is -0.497 e. The van der Waals surface area contributed by atoms with Crippen LogP contribution in [0.3, 0.4) is 0 Å². The van der Waals surface area contributed by atoms with Crippen molar-refractivity contribution in [2.24, 2.45) is 0 Å². The van der Waals surface area contributed by atoms with E-state index in [4.69, 9.17) is 22.7 Å². The number of hydrogen-bond acceptors (Lipinski definition) is 7. The Bertz CT molecular complexity index is 984. The van der Waals surface area contributed by atoms with Gasteiger partial charge in [0.1, 0.15) is 17.1 Å². The second kappa shape index (κ2) is 7.04. The number of aromatic amines is 1. The number of nitrogens with two attached hydrogens (primary N) is 1. The second-order valence-electron chi connectivity index (χ2n) is 5.25. The highest BCUT2D eigenvalue weighted by Gasteiger charge is 2.64. The molecule has 0 aliphatic heterocycles. The fraction of sp³-hybridized carbons (Fsp3) is 0.267. The normalized spacial score (nSPS) is 13.7. The predicted octanol–water partition coefficient (Wildman–Crippen LogP) is 1.41. The van der Waals surface area contributed by atoms with Gasteiger partial charge in [0.15, 0.2) is 4.77 Å². The van der Waals surface area contributed by atoms with Crippen molar-refractivity contribution in [3.8, 4) is 11.4 Å². The Morgan fingerprint density at radius 1 is 1.26 bits per heavy atom. The number of ether oxygens (including phenoxy) is 2. The van der Waals surface area contributed by atoms with E-state index in [0.29, 0.717) is 12.9 Å². The molecule has 4 N–H and O–H groups in total. The maximum atomic E-state index is 13.5. The number of benzene rings is 1. The standard InChI is InChI=1S/C15H14F3N3O5S/c1-25-8-5-3-7(4-6-8)21-10(19)9(11(22)20-13(21)27)14(24,12(23)26-2)15(16,17)18/h3-6,24H,19H2,1-2H3,(H,20,22,27). The summed E-state index contributed by atoms with van der Waals surface area (Å²) in [5.41, 5.74) is -1.33. The van der Waals surface area contributed by atoms with E-state index in [-0.39, 0.29) is 10.5 Å². The maximum absolute atomic E-state index is 13.5. The molecule has 0 saturated heterocycles. The molecule has 8 nitrogen and oxygen atoms in total. The summed E-state index contributed by atoms with van der Waals surface area (Å²) in [6, 6.07) is 5.74. The number of hydrogen-bond donors (Lipinski definition) is 3. The first kappa shape index (κ1) is 20.5. The first-order valence-electron chi connectivity index (χ1n) is 7.16. The van der Waals surface area contributed by atoms with Gasteiger partial charge in [0, 0.05) is 0 Å². The molecule has 1 atom stereocenters. The molecule has 0 bridgehead atoms. The number of nitrogens with one attached hydrogen (secondary N) is 1. The highest BCUT2D eigenvalue weighted by atomic mass is 32.1. The van der Waals surface area contributed by atoms with Crippen LogP contribution < -0.4 is 16.0 Å². The number of aromatic nitrogens is 2. The zero-order valence-corrected chi connectivity index (χ0v) is 14.8. The summed E-state index contributed by atoms with van der Waals surface area (Å²) in [6.45, 7) is 0. The van der Waals surface area contributed by atoms with Crippen LogP contribution in [0.2, 0.25) is 0 Å². The van der Waals surface area contributed by atoms with Crippen molar-refractivity contribution in [1.29, 1.82) is 0 Å². The van der Waals surface area contributed by atoms with Crippen LogP contribution in [0.15, 0.2) is 29.1 Å². The Labute approximate surface area is 155 Å². The predicted molar refractivity (Wildman–Crippen MR) is 90.2 cm³/mol. The SMILES string of the molecule is COC(=O)C(O)(c1c(N)n(-c2ccc(OC)cc2)c(=S)[nH]c1=O)C(F)(F)F. The molecule has 2 rings (SSSR count). The summed E-state index contributed by atoms with van der Waals surface area (Å²) < 4.78 is 50.1. The highest BCUT2D eigenvalue weighted by molar-refractivity contribution is 7.71. The van der Waals surface area contributed by atoms with Gasteiger partial charge < -0.3 is 20.3 Å². The van der Waals surface area contributed by atoms with Crippen LogP contribution in [0.5, 0.6) is 5.75 Å². The minimum absolute atomic E-state index is 0.158. The number of aliphatic hydroxyl groups is 1. The lowest BCUT2D eigenvalue weighted by Gasteiger charge is -2.29. The Morgan fingerprint density at radius 2 is 1.81 bits per heavy atom. The molecule has 1 aromatic carbocycles. The van der Waals surface area contributed by atoms with Crippen LogP contribution in [0.4, 0.5) is 19.0 Å². The van der Waals surface area contributed by atoms with Gasteiger partial charge in [-0.25, -0.2) is 4.79 Å². The average molecular weight is 405 g/mol. The van der Waals surface area contributed by atoms with Crippen molar-refractivity contribution in [2.45, 2.75) is 11.8 Å². The van der Waals surface area contributed by atoms with Crippen molar-refractivity contribution in [1.82, 2.24) is 9.55 Å². The van der Waals surface area contributed by atoms with E-state index < -0.39 is 34.7 Å². The number of carbonyl (C=O) groups is 1. The van der Waals surface area contributed by atoms with E-state index in [9.17, 15) is 27.9 Å². The molecule has 12 heteroatoms. The number of anilines is 1. The topological polar surface area (TPSA) is 120 Å². The molecule has 0 aliphatic rings. The number of alkyl halides is 3. The van der Waals surface area contributed by atoms with Gasteiger partial charge in [-0.3, -0.25) is 14.3 Å². The Balaban J connectivity index is 2.88. The Hall–Kier alpha value is -2.86. The van der Waals surface area contributed by atoms with Gasteiger partial charge in [0.2, 0.25) is 0 Å². The number of halogens is 3. The minimum atomic E-state index is -5.60. The largest absolute Gasteiger partial charge is 0.497 e. The van der Waals surface area contributed by atoms with E-state index in [2.05, 4.69) is 4.74 Å². The molecule has 2 aromatic rings. The molecule has 0 fully saturated rings. The molecule has 146 valence electrons. The third-order valence-corrected chi connectivity index (χ3v) is 4.02. The first-order chi connectivity index (χ1) is 12.5. The van der Waals surface area contributed by atoms with Crippen molar-refractivity contribution in [3.05, 3.63) is 45.0 Å². The van der Waals surface area contributed by atoms with Crippen LogP contribution in [0.25, 0.3) is 5.69 Å². The molecule has 1 heterocycles. The molecule has 0 radical (unpaired) electrons. The van der Waals surface area contributed by atoms with Crippen molar-refractivity contribution >= 4 is 24.0 Å². The van der Waals surface area contributed by atoms with Gasteiger partial charge in [0.25, 0.3) is 11.2 Å². The molecule has 1 aromatic heterocycles. The van der Waals surface area contributed by atoms with Gasteiger partial charge >= 0.3 is 12.1 Å². The number of carbonyl (C=O) groups excluding carboxylic acids is 1. The maximum Gasteiger partial charge on any atom is 0.432 e. The summed E-state index contributed by atoms with van der Waals surface area (Å²) in [4.78, 5) is 25.9. The summed E-state index contributed by atoms with van der Waals surface area (Å²) in [5, 5.41) is 10.1. The van der Waals surface area contributed by atoms with Gasteiger partial charge in [-0.2, -0.15) is 13.2 Å². The lowest BCUT2D eigenvalue weighted by Crippen LogP contribution is -2.53. The number of nitrogen functional groups attached to an aromatic ring is 1. The molecular weight excluding hydrogens is 391 g/mol. The fourth-order valence-electron chi connectivity index (χ4n) is 2.40. The van der Waals surface area contributed by atoms with E-state index in [1.165, 1.54) is 31.4 Å². The van der Waals surface area contributed by atoms with Gasteiger partial charge in [-0.1, -0.05) is 0 Å². The Morgan fingerprint density at radius 3 is 2.26 bits per heavy atom. The van der Waals surface area contributed by atoms with Crippen LogP contribution in [0.1, 0.15) is 5.56 Å². The number of rotatable bonds is 4. The third kappa shape index (κ3) is 3.28. The van der Waals surface area contributed by atoms with E-state index in [1.54, 1.807) is 0 Å². The van der Waals surface area contributed by atoms with E-state index in [0.717, 1.165) is 4.57 Å². The molecule has 0 saturated carbocycles. The smallest absolute Gasteiger partial charge is 0.432 e. The fourth-order valence-corrected chi connectivity index (χ4v) is 2.69. The van der Waals surface area contributed by atoms with Crippen molar-refractivity contribution in [3.63, 3.8) is 0 Å². The molecule has 0 amide bonds. The zero-order chi connectivity index (χ0) is 20.6. The van der Waals surface area contributed by atoms with Gasteiger partial charge in [-0.15, -0.1) is 0 Å². The Kier molecular flexibility index (Phi) is 5.33. The number of H-pyrrole nitrogens is 1. The second-order valence-corrected chi connectivity index (χ2v) is 5.64. The monoisotopic (exact) mass is 405 g/mol. The van der Waals surface area contributed by atoms with E-state index >= 15 is 0 Å². The van der Waals surface area contributed by atoms with Crippen molar-refractivity contribution in [2.75, 3.05) is 20.0 Å². The first-order valence-corrected chi connectivity index (χ1v) is 7.57. The number of nitrogens with zero attached hydrogens (tertiary/aromatic N) is 1. The quantitative estimate of drug-likeness (QED) is 0.520. The van der Waals surface area contributed by atoms with Gasteiger partial charge in [-0.05, 0) is 36.5 Å². The number of esters is 1. The highest BCUT2D eigenvalue weighted by Crippen LogP contribution is 2.41. The van der Waals surface area contributed by atoms with Crippen LogP contribution >= 0.6 is 12.2 Å². The third-order valence-electron chi connectivity index (χ3n) is 3.73. The van der Waals surface area contributed by atoms with Gasteiger partial charge in [0.05, 0.1) is 19.9 Å². The lowest BCUT2D eigenvalue weighted by atomic mass is 9.94. The summed E-state index contributed by atoms with van der Waals surface area (Å²) in [6.07, 6.45) is -5.60. The van der Waals surface area contributed by atoms with Crippen LogP contribution in [-0.2, 0) is 15.1 Å². The van der Waals surface area contributed by atoms with Crippen LogP contribution in [0, 0.1) is 4.77 Å². The summed E-state index contributed by atoms with van der Waals surface area (Å²) >= 11 is 4.96.